The first-order valence-electron chi connectivity index (χ1n) is 14.6. The molecule has 0 heterocycles. The molecule has 0 fully saturated rings. The van der Waals surface area contributed by atoms with Gasteiger partial charge in [0.25, 0.3) is 5.97 Å². The van der Waals surface area contributed by atoms with Gasteiger partial charge in [-0.1, -0.05) is 76.5 Å². The number of hydrogen-bond acceptors (Lipinski definition) is 3. The van der Waals surface area contributed by atoms with Crippen LogP contribution in [0.2, 0.25) is 0 Å². The monoisotopic (exact) mass is 530 g/mol. The summed E-state index contributed by atoms with van der Waals surface area (Å²) in [5.74, 6) is -1.01. The molecule has 1 atom stereocenters. The number of hydrogen-bond donors (Lipinski definition) is 0. The van der Waals surface area contributed by atoms with Crippen molar-refractivity contribution in [1.29, 1.82) is 0 Å². The van der Waals surface area contributed by atoms with Gasteiger partial charge in [0.15, 0.2) is 0 Å². The Balaban J connectivity index is 2.87. The predicted octanol–water partition coefficient (Wildman–Crippen LogP) is 10.1. The maximum atomic E-state index is 13.0. The van der Waals surface area contributed by atoms with Crippen molar-refractivity contribution < 1.29 is 27.4 Å². The first kappa shape index (κ1) is 33.9. The van der Waals surface area contributed by atoms with Gasteiger partial charge < -0.3 is 14.2 Å². The number of unbranched alkanes of at least 4 members (excludes halogenated alkanes) is 7. The number of benzene rings is 1. The molecule has 0 bridgehead atoms. The number of aryl methyl sites for hydroxylation is 1. The molecule has 0 N–H and O–H groups in total. The van der Waals surface area contributed by atoms with Crippen LogP contribution in [0.1, 0.15) is 130 Å². The standard InChI is InChI=1S/C31H53F3O3/c1-8-9-10-11-12-15-20-28(31(35-24(2)3,36-25(4)5)37-26(6)7)21-16-13-14-18-27-19-17-22-29(23-27)30(32,33)34/h17,19,22-26,28H,8-16,18,20-21H2,1-7H3. The Labute approximate surface area is 224 Å². The van der Waals surface area contributed by atoms with E-state index in [1.807, 2.05) is 41.5 Å². The molecule has 0 aliphatic rings. The van der Waals surface area contributed by atoms with Crippen molar-refractivity contribution >= 4 is 0 Å². The van der Waals surface area contributed by atoms with Gasteiger partial charge in [0.2, 0.25) is 0 Å². The van der Waals surface area contributed by atoms with Gasteiger partial charge in [-0.05, 0) is 78.9 Å². The third-order valence-corrected chi connectivity index (χ3v) is 6.38. The van der Waals surface area contributed by atoms with E-state index in [1.165, 1.54) is 44.2 Å². The fraction of sp³-hybridized carbons (Fsp3) is 0.806. The van der Waals surface area contributed by atoms with Gasteiger partial charge in [0.1, 0.15) is 0 Å². The molecule has 1 unspecified atom stereocenters. The van der Waals surface area contributed by atoms with Crippen LogP contribution in [0.25, 0.3) is 0 Å². The van der Waals surface area contributed by atoms with Gasteiger partial charge in [-0.25, -0.2) is 0 Å². The highest BCUT2D eigenvalue weighted by molar-refractivity contribution is 5.25. The second-order valence-corrected chi connectivity index (χ2v) is 11.2. The second kappa shape index (κ2) is 17.5. The number of halogens is 3. The zero-order chi connectivity index (χ0) is 27.9. The molecule has 0 aliphatic heterocycles. The predicted molar refractivity (Wildman–Crippen MR) is 146 cm³/mol. The molecule has 0 radical (unpaired) electrons. The third kappa shape index (κ3) is 14.0. The first-order chi connectivity index (χ1) is 17.4. The molecule has 0 saturated heterocycles. The Kier molecular flexibility index (Phi) is 16.0. The van der Waals surface area contributed by atoms with Gasteiger partial charge >= 0.3 is 6.18 Å². The molecular weight excluding hydrogens is 477 g/mol. The van der Waals surface area contributed by atoms with Crippen LogP contribution in [0.15, 0.2) is 24.3 Å². The zero-order valence-electron chi connectivity index (χ0n) is 24.5. The Morgan fingerprint density at radius 2 is 1.16 bits per heavy atom. The van der Waals surface area contributed by atoms with Gasteiger partial charge in [-0.15, -0.1) is 0 Å². The molecule has 3 nitrogen and oxygen atoms in total. The molecule has 0 amide bonds. The van der Waals surface area contributed by atoms with E-state index >= 15 is 0 Å². The first-order valence-corrected chi connectivity index (χ1v) is 14.6. The van der Waals surface area contributed by atoms with E-state index in [0.29, 0.717) is 6.42 Å². The van der Waals surface area contributed by atoms with Gasteiger partial charge in [-0.2, -0.15) is 13.2 Å². The van der Waals surface area contributed by atoms with E-state index in [4.69, 9.17) is 14.2 Å². The summed E-state index contributed by atoms with van der Waals surface area (Å²) >= 11 is 0. The van der Waals surface area contributed by atoms with Crippen LogP contribution >= 0.6 is 0 Å². The van der Waals surface area contributed by atoms with E-state index in [1.54, 1.807) is 6.07 Å². The summed E-state index contributed by atoms with van der Waals surface area (Å²) < 4.78 is 58.4. The molecule has 216 valence electrons. The molecular formula is C31H53F3O3. The summed E-state index contributed by atoms with van der Waals surface area (Å²) in [6.45, 7) is 14.3. The minimum Gasteiger partial charge on any atom is -0.324 e. The van der Waals surface area contributed by atoms with Crippen LogP contribution < -0.4 is 0 Å². The summed E-state index contributed by atoms with van der Waals surface area (Å²) in [6.07, 6.45) is 8.10. The van der Waals surface area contributed by atoms with Crippen LogP contribution in [0.5, 0.6) is 0 Å². The van der Waals surface area contributed by atoms with Crippen LogP contribution in [-0.2, 0) is 26.8 Å². The van der Waals surface area contributed by atoms with E-state index < -0.39 is 17.7 Å². The molecule has 1 aromatic carbocycles. The molecule has 6 heteroatoms. The smallest absolute Gasteiger partial charge is 0.324 e. The quantitative estimate of drug-likeness (QED) is 0.124. The SMILES string of the molecule is CCCCCCCCC(CCCCCc1cccc(C(F)(F)F)c1)C(OC(C)C)(OC(C)C)OC(C)C. The third-order valence-electron chi connectivity index (χ3n) is 6.38. The van der Waals surface area contributed by atoms with Gasteiger partial charge in [0.05, 0.1) is 23.9 Å². The maximum absolute atomic E-state index is 13.0. The number of ether oxygens (including phenoxy) is 3. The van der Waals surface area contributed by atoms with Crippen molar-refractivity contribution in [3.8, 4) is 0 Å². The Morgan fingerprint density at radius 1 is 0.676 bits per heavy atom. The lowest BCUT2D eigenvalue weighted by Gasteiger charge is -2.43. The topological polar surface area (TPSA) is 27.7 Å². The van der Waals surface area contributed by atoms with Crippen LogP contribution in [0, 0.1) is 5.92 Å². The average molecular weight is 531 g/mol. The Hall–Kier alpha value is -1.11. The van der Waals surface area contributed by atoms with Crippen molar-refractivity contribution in [2.24, 2.45) is 5.92 Å². The van der Waals surface area contributed by atoms with Crippen molar-refractivity contribution in [3.05, 3.63) is 35.4 Å². The molecule has 0 spiro atoms. The van der Waals surface area contributed by atoms with Crippen LogP contribution in [0.3, 0.4) is 0 Å². The number of alkyl halides is 3. The molecule has 0 saturated carbocycles. The molecule has 1 rings (SSSR count). The molecule has 37 heavy (non-hydrogen) atoms. The van der Waals surface area contributed by atoms with Crippen molar-refractivity contribution in [2.75, 3.05) is 0 Å². The van der Waals surface area contributed by atoms with Crippen LogP contribution in [0.4, 0.5) is 13.2 Å². The van der Waals surface area contributed by atoms with E-state index in [2.05, 4.69) is 6.92 Å². The lowest BCUT2D eigenvalue weighted by molar-refractivity contribution is -0.433. The fourth-order valence-electron chi connectivity index (χ4n) is 4.83. The molecule has 0 aliphatic carbocycles. The molecule has 1 aromatic rings. The number of rotatable bonds is 20. The van der Waals surface area contributed by atoms with Crippen LogP contribution in [-0.4, -0.2) is 24.3 Å². The Morgan fingerprint density at radius 3 is 1.65 bits per heavy atom. The van der Waals surface area contributed by atoms with Crippen molar-refractivity contribution in [2.45, 2.75) is 156 Å². The van der Waals surface area contributed by atoms with E-state index in [0.717, 1.165) is 50.2 Å². The summed E-state index contributed by atoms with van der Waals surface area (Å²) in [6, 6.07) is 5.69. The lowest BCUT2D eigenvalue weighted by Crippen LogP contribution is -2.50. The van der Waals surface area contributed by atoms with Gasteiger partial charge in [0, 0.05) is 5.92 Å². The zero-order valence-corrected chi connectivity index (χ0v) is 24.5. The Bertz CT molecular complexity index is 689. The minimum atomic E-state index is -4.30. The minimum absolute atomic E-state index is 0.0505. The second-order valence-electron chi connectivity index (χ2n) is 11.2. The highest BCUT2D eigenvalue weighted by atomic mass is 19.4. The fourth-order valence-corrected chi connectivity index (χ4v) is 4.83. The molecule has 0 aromatic heterocycles. The summed E-state index contributed by atoms with van der Waals surface area (Å²) in [7, 11) is 0. The van der Waals surface area contributed by atoms with E-state index in [9.17, 15) is 13.2 Å². The summed E-state index contributed by atoms with van der Waals surface area (Å²) in [4.78, 5) is 0. The lowest BCUT2D eigenvalue weighted by atomic mass is 9.91. The van der Waals surface area contributed by atoms with Crippen molar-refractivity contribution in [3.63, 3.8) is 0 Å². The summed E-state index contributed by atoms with van der Waals surface area (Å²) in [5, 5.41) is 0. The normalized spacial score (nSPS) is 13.8. The van der Waals surface area contributed by atoms with E-state index in [-0.39, 0.29) is 24.2 Å². The van der Waals surface area contributed by atoms with Crippen molar-refractivity contribution in [1.82, 2.24) is 0 Å². The average Bonchev–Trinajstić information content (AvgIpc) is 2.77. The largest absolute Gasteiger partial charge is 0.416 e. The maximum Gasteiger partial charge on any atom is 0.416 e. The highest BCUT2D eigenvalue weighted by Gasteiger charge is 2.44. The van der Waals surface area contributed by atoms with Gasteiger partial charge in [-0.3, -0.25) is 0 Å². The summed E-state index contributed by atoms with van der Waals surface area (Å²) in [5.41, 5.74) is 0.165. The highest BCUT2D eigenvalue weighted by Crippen LogP contribution is 2.37.